The average molecular weight is 286 g/mol. The molecule has 0 spiro atoms. The number of fused-ring (bicyclic) bond motifs is 2. The number of rotatable bonds is 5. The summed E-state index contributed by atoms with van der Waals surface area (Å²) in [5.74, 6) is -3.88. The predicted octanol–water partition coefficient (Wildman–Crippen LogP) is 4.18. The lowest BCUT2D eigenvalue weighted by Gasteiger charge is -2.39. The second kappa shape index (κ2) is 4.96. The second-order valence-electron chi connectivity index (χ2n) is 7.28. The summed E-state index contributed by atoms with van der Waals surface area (Å²) in [4.78, 5) is 11.7. The molecule has 3 rings (SSSR count). The standard InChI is InChI=1S/C16H24F2O2/c1-2-15(8-11-3-4-12(7-11)9-15)10-20-14(19)16(17,18)13-5-6-13/h11-13H,2-10H2,1H3. The number of carbonyl (C=O) groups excluding carboxylic acids is 1. The van der Waals surface area contributed by atoms with Crippen molar-refractivity contribution < 1.29 is 18.3 Å². The first kappa shape index (κ1) is 14.3. The van der Waals surface area contributed by atoms with Gasteiger partial charge in [0.15, 0.2) is 0 Å². The third-order valence-electron chi connectivity index (χ3n) is 5.71. The largest absolute Gasteiger partial charge is 0.461 e. The quantitative estimate of drug-likeness (QED) is 0.709. The topological polar surface area (TPSA) is 26.3 Å². The maximum absolute atomic E-state index is 13.7. The molecule has 20 heavy (non-hydrogen) atoms. The van der Waals surface area contributed by atoms with E-state index in [-0.39, 0.29) is 12.0 Å². The van der Waals surface area contributed by atoms with Crippen LogP contribution in [0.2, 0.25) is 0 Å². The summed E-state index contributed by atoms with van der Waals surface area (Å²) in [6.45, 7) is 2.29. The smallest absolute Gasteiger partial charge is 0.377 e. The monoisotopic (exact) mass is 286 g/mol. The third-order valence-corrected chi connectivity index (χ3v) is 5.71. The van der Waals surface area contributed by atoms with E-state index in [0.29, 0.717) is 12.8 Å². The molecule has 2 unspecified atom stereocenters. The highest BCUT2D eigenvalue weighted by molar-refractivity contribution is 5.78. The number of ether oxygens (including phenoxy) is 1. The number of esters is 1. The van der Waals surface area contributed by atoms with E-state index in [1.54, 1.807) is 0 Å². The van der Waals surface area contributed by atoms with Crippen molar-refractivity contribution in [2.45, 2.75) is 64.2 Å². The van der Waals surface area contributed by atoms with Crippen LogP contribution < -0.4 is 0 Å². The zero-order valence-electron chi connectivity index (χ0n) is 12.2. The Kier molecular flexibility index (Phi) is 3.54. The second-order valence-corrected chi connectivity index (χ2v) is 7.28. The van der Waals surface area contributed by atoms with E-state index in [2.05, 4.69) is 6.92 Å². The molecule has 0 aromatic rings. The lowest BCUT2D eigenvalue weighted by Crippen LogP contribution is -2.39. The number of hydrogen-bond donors (Lipinski definition) is 0. The van der Waals surface area contributed by atoms with Crippen LogP contribution in [-0.2, 0) is 9.53 Å². The maximum atomic E-state index is 13.7. The molecular weight excluding hydrogens is 262 g/mol. The van der Waals surface area contributed by atoms with E-state index >= 15 is 0 Å². The fourth-order valence-electron chi connectivity index (χ4n) is 4.29. The summed E-state index contributed by atoms with van der Waals surface area (Å²) in [5, 5.41) is 0. The van der Waals surface area contributed by atoms with Crippen LogP contribution in [0.25, 0.3) is 0 Å². The fraction of sp³-hybridized carbons (Fsp3) is 0.938. The van der Waals surface area contributed by atoms with Gasteiger partial charge in [-0.05, 0) is 50.4 Å². The van der Waals surface area contributed by atoms with Crippen molar-refractivity contribution in [2.75, 3.05) is 6.61 Å². The van der Waals surface area contributed by atoms with Crippen LogP contribution in [-0.4, -0.2) is 18.5 Å². The highest BCUT2D eigenvalue weighted by Gasteiger charge is 2.55. The van der Waals surface area contributed by atoms with Crippen molar-refractivity contribution in [3.8, 4) is 0 Å². The first-order valence-corrected chi connectivity index (χ1v) is 8.00. The number of alkyl halides is 2. The zero-order chi connectivity index (χ0) is 14.4. The summed E-state index contributed by atoms with van der Waals surface area (Å²) in [6.07, 6.45) is 7.72. The third kappa shape index (κ3) is 2.58. The Labute approximate surface area is 119 Å². The van der Waals surface area contributed by atoms with Crippen molar-refractivity contribution in [1.82, 2.24) is 0 Å². The molecule has 2 atom stereocenters. The first-order chi connectivity index (χ1) is 9.45. The predicted molar refractivity (Wildman–Crippen MR) is 71.4 cm³/mol. The van der Waals surface area contributed by atoms with Gasteiger partial charge >= 0.3 is 11.9 Å². The summed E-state index contributed by atoms with van der Waals surface area (Å²) in [6, 6.07) is 0. The molecule has 3 aliphatic rings. The highest BCUT2D eigenvalue weighted by atomic mass is 19.3. The van der Waals surface area contributed by atoms with Gasteiger partial charge in [-0.15, -0.1) is 0 Å². The SMILES string of the molecule is CCC1(COC(=O)C(F)(F)C2CC2)CC2CCC(C2)C1. The van der Waals surface area contributed by atoms with Gasteiger partial charge in [-0.2, -0.15) is 8.78 Å². The van der Waals surface area contributed by atoms with E-state index in [1.807, 2.05) is 0 Å². The Morgan fingerprint density at radius 1 is 1.20 bits per heavy atom. The molecule has 0 aromatic heterocycles. The number of carbonyl (C=O) groups is 1. The van der Waals surface area contributed by atoms with Crippen LogP contribution in [0.3, 0.4) is 0 Å². The minimum absolute atomic E-state index is 0.0423. The molecular formula is C16H24F2O2. The van der Waals surface area contributed by atoms with Crippen LogP contribution in [0.15, 0.2) is 0 Å². The molecule has 0 aliphatic heterocycles. The number of halogens is 2. The summed E-state index contributed by atoms with van der Waals surface area (Å²) in [5.41, 5.74) is -0.0423. The van der Waals surface area contributed by atoms with Gasteiger partial charge in [0.1, 0.15) is 0 Å². The van der Waals surface area contributed by atoms with Crippen molar-refractivity contribution in [2.24, 2.45) is 23.2 Å². The molecule has 4 heteroatoms. The summed E-state index contributed by atoms with van der Waals surface area (Å²) >= 11 is 0. The van der Waals surface area contributed by atoms with Gasteiger partial charge < -0.3 is 4.74 Å². The van der Waals surface area contributed by atoms with Crippen LogP contribution in [0.1, 0.15) is 58.3 Å². The summed E-state index contributed by atoms with van der Waals surface area (Å²) in [7, 11) is 0. The molecule has 3 aliphatic carbocycles. The fourth-order valence-corrected chi connectivity index (χ4v) is 4.29. The lowest BCUT2D eigenvalue weighted by molar-refractivity contribution is -0.180. The van der Waals surface area contributed by atoms with Crippen molar-refractivity contribution in [1.29, 1.82) is 0 Å². The molecule has 3 saturated carbocycles. The van der Waals surface area contributed by atoms with Crippen LogP contribution in [0.5, 0.6) is 0 Å². The van der Waals surface area contributed by atoms with Crippen molar-refractivity contribution >= 4 is 5.97 Å². The first-order valence-electron chi connectivity index (χ1n) is 8.00. The van der Waals surface area contributed by atoms with Crippen molar-refractivity contribution in [3.63, 3.8) is 0 Å². The average Bonchev–Trinajstić information content (AvgIpc) is 3.23. The Morgan fingerprint density at radius 3 is 2.30 bits per heavy atom. The zero-order valence-corrected chi connectivity index (χ0v) is 12.2. The molecule has 0 radical (unpaired) electrons. The summed E-state index contributed by atoms with van der Waals surface area (Å²) < 4.78 is 32.4. The van der Waals surface area contributed by atoms with Crippen LogP contribution in [0.4, 0.5) is 8.78 Å². The van der Waals surface area contributed by atoms with E-state index in [4.69, 9.17) is 4.74 Å². The minimum Gasteiger partial charge on any atom is -0.461 e. The lowest BCUT2D eigenvalue weighted by atomic mass is 9.68. The number of hydrogen-bond acceptors (Lipinski definition) is 2. The van der Waals surface area contributed by atoms with Gasteiger partial charge in [-0.3, -0.25) is 0 Å². The molecule has 0 saturated heterocycles. The Bertz CT molecular complexity index is 378. The minimum atomic E-state index is -3.26. The molecule has 114 valence electrons. The van der Waals surface area contributed by atoms with E-state index < -0.39 is 17.8 Å². The molecule has 0 N–H and O–H groups in total. The maximum Gasteiger partial charge on any atom is 0.377 e. The van der Waals surface area contributed by atoms with Crippen LogP contribution in [0, 0.1) is 23.2 Å². The Balaban J connectivity index is 1.59. The van der Waals surface area contributed by atoms with Crippen molar-refractivity contribution in [3.05, 3.63) is 0 Å². The highest BCUT2D eigenvalue weighted by Crippen LogP contribution is 2.52. The normalized spacial score (nSPS) is 37.0. The van der Waals surface area contributed by atoms with Gasteiger partial charge in [0.2, 0.25) is 0 Å². The van der Waals surface area contributed by atoms with Gasteiger partial charge in [-0.25, -0.2) is 4.79 Å². The van der Waals surface area contributed by atoms with Gasteiger partial charge in [0.05, 0.1) is 6.61 Å². The molecule has 3 fully saturated rings. The van der Waals surface area contributed by atoms with Gasteiger partial charge in [0.25, 0.3) is 0 Å². The molecule has 2 bridgehead atoms. The Morgan fingerprint density at radius 2 is 1.80 bits per heavy atom. The molecule has 0 heterocycles. The van der Waals surface area contributed by atoms with Crippen LogP contribution >= 0.6 is 0 Å². The van der Waals surface area contributed by atoms with Gasteiger partial charge in [0, 0.05) is 11.3 Å². The molecule has 2 nitrogen and oxygen atoms in total. The van der Waals surface area contributed by atoms with E-state index in [9.17, 15) is 13.6 Å². The van der Waals surface area contributed by atoms with E-state index in [0.717, 1.165) is 31.1 Å². The molecule has 0 amide bonds. The molecule has 0 aromatic carbocycles. The van der Waals surface area contributed by atoms with Gasteiger partial charge in [-0.1, -0.05) is 19.8 Å². The Hall–Kier alpha value is -0.670. The van der Waals surface area contributed by atoms with E-state index in [1.165, 1.54) is 19.3 Å².